The Morgan fingerprint density at radius 1 is 1.03 bits per heavy atom. The van der Waals surface area contributed by atoms with Crippen molar-refractivity contribution in [1.29, 1.82) is 0 Å². The summed E-state index contributed by atoms with van der Waals surface area (Å²) in [6.45, 7) is 0.641. The Hall–Kier alpha value is -2.94. The average molecular weight is 520 g/mol. The maximum atomic E-state index is 12.0. The van der Waals surface area contributed by atoms with Gasteiger partial charge in [0, 0.05) is 6.04 Å². The minimum atomic E-state index is -0.292. The molecule has 8 nitrogen and oxygen atoms in total. The first kappa shape index (κ1) is 24.7. The molecule has 1 aliphatic rings. The molecule has 1 fully saturated rings. The molecule has 0 unspecified atom stereocenters. The molecule has 0 heterocycles. The second-order valence-electron chi connectivity index (χ2n) is 7.56. The number of urea groups is 1. The quantitative estimate of drug-likeness (QED) is 0.265. The van der Waals surface area contributed by atoms with E-state index in [9.17, 15) is 4.79 Å². The van der Waals surface area contributed by atoms with E-state index in [1.165, 1.54) is 6.42 Å². The van der Waals surface area contributed by atoms with Gasteiger partial charge < -0.3 is 24.3 Å². The topological polar surface area (TPSA) is 90.4 Å². The number of halogens is 1. The molecule has 2 aromatic rings. The maximum absolute atomic E-state index is 12.0. The molecule has 2 amide bonds. The van der Waals surface area contributed by atoms with Crippen molar-refractivity contribution in [3.8, 4) is 23.0 Å². The first-order valence-corrected chi connectivity index (χ1v) is 11.8. The summed E-state index contributed by atoms with van der Waals surface area (Å²) in [7, 11) is 3.17. The maximum Gasteiger partial charge on any atom is 0.335 e. The third kappa shape index (κ3) is 7.56. The standard InChI is InChI=1S/C24H30BrN3O5/c1-30-20-10-6-7-11-21(20)32-12-13-33-23-19(25)14-17(15-22(23)31-2)16-26-28-24(29)27-18-8-4-3-5-9-18/h6-7,10-11,14-16,18H,3-5,8-9,12-13H2,1-2H3,(H2,27,28,29)/b26-16-. The molecule has 0 radical (unpaired) electrons. The van der Waals surface area contributed by atoms with Gasteiger partial charge in [-0.1, -0.05) is 31.4 Å². The summed E-state index contributed by atoms with van der Waals surface area (Å²) >= 11 is 3.52. The monoisotopic (exact) mass is 519 g/mol. The predicted molar refractivity (Wildman–Crippen MR) is 131 cm³/mol. The van der Waals surface area contributed by atoms with Crippen LogP contribution in [0.4, 0.5) is 4.79 Å². The van der Waals surface area contributed by atoms with Crippen LogP contribution in [0.1, 0.15) is 37.7 Å². The van der Waals surface area contributed by atoms with Gasteiger partial charge in [-0.2, -0.15) is 5.10 Å². The third-order valence-electron chi connectivity index (χ3n) is 5.23. The highest BCUT2D eigenvalue weighted by Crippen LogP contribution is 2.36. The average Bonchev–Trinajstić information content (AvgIpc) is 2.83. The Balaban J connectivity index is 1.52. The number of rotatable bonds is 10. The molecule has 0 saturated heterocycles. The van der Waals surface area contributed by atoms with E-state index in [0.29, 0.717) is 40.7 Å². The molecule has 1 aliphatic carbocycles. The van der Waals surface area contributed by atoms with E-state index < -0.39 is 0 Å². The number of benzene rings is 2. The largest absolute Gasteiger partial charge is 0.493 e. The molecule has 0 aliphatic heterocycles. The minimum Gasteiger partial charge on any atom is -0.493 e. The van der Waals surface area contributed by atoms with Crippen LogP contribution in [0.3, 0.4) is 0 Å². The van der Waals surface area contributed by atoms with Gasteiger partial charge in [-0.05, 0) is 58.6 Å². The van der Waals surface area contributed by atoms with Crippen molar-refractivity contribution >= 4 is 28.2 Å². The smallest absolute Gasteiger partial charge is 0.335 e. The van der Waals surface area contributed by atoms with Crippen LogP contribution < -0.4 is 29.7 Å². The number of methoxy groups -OCH3 is 2. The van der Waals surface area contributed by atoms with E-state index in [1.807, 2.05) is 30.3 Å². The molecule has 3 rings (SSSR count). The van der Waals surface area contributed by atoms with E-state index in [1.54, 1.807) is 26.5 Å². The second kappa shape index (κ2) is 12.9. The first-order chi connectivity index (χ1) is 16.1. The summed E-state index contributed by atoms with van der Waals surface area (Å²) in [5, 5.41) is 7.00. The van der Waals surface area contributed by atoms with E-state index in [2.05, 4.69) is 31.8 Å². The van der Waals surface area contributed by atoms with Gasteiger partial charge in [-0.25, -0.2) is 10.2 Å². The Bertz CT molecular complexity index is 948. The summed E-state index contributed by atoms with van der Waals surface area (Å²) in [6, 6.07) is 11.0. The summed E-state index contributed by atoms with van der Waals surface area (Å²) in [5.41, 5.74) is 3.27. The fourth-order valence-corrected chi connectivity index (χ4v) is 4.19. The van der Waals surface area contributed by atoms with Crippen molar-refractivity contribution in [2.75, 3.05) is 27.4 Å². The molecule has 0 atom stereocenters. The van der Waals surface area contributed by atoms with Crippen molar-refractivity contribution in [2.45, 2.75) is 38.1 Å². The van der Waals surface area contributed by atoms with Crippen LogP contribution in [0.5, 0.6) is 23.0 Å². The lowest BCUT2D eigenvalue weighted by Gasteiger charge is -2.22. The summed E-state index contributed by atoms with van der Waals surface area (Å²) < 4.78 is 23.1. The summed E-state index contributed by atoms with van der Waals surface area (Å²) in [5.74, 6) is 2.41. The normalized spacial score (nSPS) is 14.0. The molecular weight excluding hydrogens is 490 g/mol. The van der Waals surface area contributed by atoms with Crippen LogP contribution in [0.15, 0.2) is 46.0 Å². The zero-order chi connectivity index (χ0) is 23.5. The molecule has 1 saturated carbocycles. The molecule has 2 aromatic carbocycles. The Morgan fingerprint density at radius 3 is 2.45 bits per heavy atom. The lowest BCUT2D eigenvalue weighted by molar-refractivity contribution is 0.205. The Labute approximate surface area is 202 Å². The second-order valence-corrected chi connectivity index (χ2v) is 8.41. The van der Waals surface area contributed by atoms with E-state index in [0.717, 1.165) is 31.2 Å². The van der Waals surface area contributed by atoms with Crippen molar-refractivity contribution in [3.05, 3.63) is 46.4 Å². The van der Waals surface area contributed by atoms with Crippen LogP contribution in [0.25, 0.3) is 0 Å². The zero-order valence-electron chi connectivity index (χ0n) is 18.9. The van der Waals surface area contributed by atoms with Gasteiger partial charge in [-0.3, -0.25) is 0 Å². The molecule has 178 valence electrons. The summed E-state index contributed by atoms with van der Waals surface area (Å²) in [6.07, 6.45) is 7.15. The Morgan fingerprint density at radius 2 is 1.73 bits per heavy atom. The van der Waals surface area contributed by atoms with E-state index >= 15 is 0 Å². The van der Waals surface area contributed by atoms with Crippen LogP contribution >= 0.6 is 15.9 Å². The summed E-state index contributed by atoms with van der Waals surface area (Å²) in [4.78, 5) is 12.0. The van der Waals surface area contributed by atoms with Crippen LogP contribution in [0.2, 0.25) is 0 Å². The molecule has 33 heavy (non-hydrogen) atoms. The number of hydrogen-bond donors (Lipinski definition) is 2. The number of carbonyl (C=O) groups excluding carboxylic acids is 1. The molecule has 0 aromatic heterocycles. The van der Waals surface area contributed by atoms with Gasteiger partial charge in [0.15, 0.2) is 23.0 Å². The molecule has 0 spiro atoms. The SMILES string of the molecule is COc1ccccc1OCCOc1c(Br)cc(/C=N\NC(=O)NC2CCCCC2)cc1OC. The lowest BCUT2D eigenvalue weighted by atomic mass is 9.96. The van der Waals surface area contributed by atoms with Gasteiger partial charge in [0.1, 0.15) is 13.2 Å². The number of hydrazone groups is 1. The number of nitrogens with zero attached hydrogens (tertiary/aromatic N) is 1. The van der Waals surface area contributed by atoms with E-state index in [4.69, 9.17) is 18.9 Å². The van der Waals surface area contributed by atoms with Crippen molar-refractivity contribution in [3.63, 3.8) is 0 Å². The third-order valence-corrected chi connectivity index (χ3v) is 5.82. The van der Waals surface area contributed by atoms with Gasteiger partial charge in [0.25, 0.3) is 0 Å². The number of carbonyl (C=O) groups is 1. The van der Waals surface area contributed by atoms with Gasteiger partial charge in [0.2, 0.25) is 0 Å². The molecule has 9 heteroatoms. The number of nitrogens with one attached hydrogen (secondary N) is 2. The number of hydrogen-bond acceptors (Lipinski definition) is 6. The molecule has 2 N–H and O–H groups in total. The fourth-order valence-electron chi connectivity index (χ4n) is 3.62. The van der Waals surface area contributed by atoms with Crippen molar-refractivity contribution in [1.82, 2.24) is 10.7 Å². The minimum absolute atomic E-state index is 0.228. The molecule has 0 bridgehead atoms. The van der Waals surface area contributed by atoms with Gasteiger partial charge in [-0.15, -0.1) is 0 Å². The number of ether oxygens (including phenoxy) is 4. The van der Waals surface area contributed by atoms with Crippen molar-refractivity contribution < 1.29 is 23.7 Å². The number of amides is 2. The Kier molecular flexibility index (Phi) is 9.68. The van der Waals surface area contributed by atoms with Crippen molar-refractivity contribution in [2.24, 2.45) is 5.10 Å². The van der Waals surface area contributed by atoms with Crippen LogP contribution in [-0.4, -0.2) is 45.7 Å². The fraction of sp³-hybridized carbons (Fsp3) is 0.417. The highest BCUT2D eigenvalue weighted by molar-refractivity contribution is 9.10. The van der Waals surface area contributed by atoms with Crippen LogP contribution in [0, 0.1) is 0 Å². The molecular formula is C24H30BrN3O5. The lowest BCUT2D eigenvalue weighted by Crippen LogP contribution is -2.41. The van der Waals surface area contributed by atoms with E-state index in [-0.39, 0.29) is 12.1 Å². The zero-order valence-corrected chi connectivity index (χ0v) is 20.5. The van der Waals surface area contributed by atoms with Gasteiger partial charge in [0.05, 0.1) is 24.9 Å². The highest BCUT2D eigenvalue weighted by Gasteiger charge is 2.15. The highest BCUT2D eigenvalue weighted by atomic mass is 79.9. The van der Waals surface area contributed by atoms with Gasteiger partial charge >= 0.3 is 6.03 Å². The predicted octanol–water partition coefficient (Wildman–Crippen LogP) is 4.89. The van der Waals surface area contributed by atoms with Crippen LogP contribution in [-0.2, 0) is 0 Å². The number of para-hydroxylation sites is 2. The first-order valence-electron chi connectivity index (χ1n) is 11.0.